The van der Waals surface area contributed by atoms with Crippen LogP contribution >= 0.6 is 0 Å². The van der Waals surface area contributed by atoms with Crippen LogP contribution in [0.1, 0.15) is 59.0 Å². The Hall–Kier alpha value is -3.66. The van der Waals surface area contributed by atoms with Gasteiger partial charge >= 0.3 is 5.97 Å². The number of oxazole rings is 1. The smallest absolute Gasteiger partial charge is 0.335 e. The summed E-state index contributed by atoms with van der Waals surface area (Å²) in [6, 6.07) is 25.8. The molecule has 1 aliphatic rings. The zero-order valence-corrected chi connectivity index (χ0v) is 19.4. The van der Waals surface area contributed by atoms with Crippen LogP contribution in [0.25, 0.3) is 22.6 Å². The van der Waals surface area contributed by atoms with E-state index in [9.17, 15) is 9.90 Å². The SMILES string of the molecule is Cc1ccc(C(=O)O)cc1CC1CCCCC1c1nc(-c2ccccc2)c(-c2ccccc2)o1. The highest BCUT2D eigenvalue weighted by Crippen LogP contribution is 2.43. The molecule has 0 amide bonds. The second-order valence-corrected chi connectivity index (χ2v) is 9.26. The van der Waals surface area contributed by atoms with Gasteiger partial charge in [-0.25, -0.2) is 9.78 Å². The lowest BCUT2D eigenvalue weighted by Crippen LogP contribution is -2.21. The number of carboxylic acids is 1. The number of carbonyl (C=O) groups is 1. The quantitative estimate of drug-likeness (QED) is 0.329. The van der Waals surface area contributed by atoms with E-state index >= 15 is 0 Å². The molecule has 1 aromatic heterocycles. The lowest BCUT2D eigenvalue weighted by molar-refractivity contribution is 0.0696. The van der Waals surface area contributed by atoms with Gasteiger partial charge in [0.2, 0.25) is 0 Å². The Balaban J connectivity index is 1.52. The molecule has 172 valence electrons. The highest BCUT2D eigenvalue weighted by Gasteiger charge is 2.32. The fraction of sp³-hybridized carbons (Fsp3) is 0.267. The van der Waals surface area contributed by atoms with Crippen LogP contribution in [0.5, 0.6) is 0 Å². The van der Waals surface area contributed by atoms with Gasteiger partial charge in [-0.2, -0.15) is 0 Å². The van der Waals surface area contributed by atoms with Gasteiger partial charge in [0.15, 0.2) is 11.7 Å². The normalized spacial score (nSPS) is 18.0. The van der Waals surface area contributed by atoms with Crippen molar-refractivity contribution in [2.75, 3.05) is 0 Å². The molecule has 5 rings (SSSR count). The Bertz CT molecular complexity index is 1220. The van der Waals surface area contributed by atoms with E-state index in [1.807, 2.05) is 48.5 Å². The summed E-state index contributed by atoms with van der Waals surface area (Å²) in [6.07, 6.45) is 5.29. The molecule has 1 fully saturated rings. The van der Waals surface area contributed by atoms with Gasteiger partial charge in [-0.1, -0.05) is 79.6 Å². The summed E-state index contributed by atoms with van der Waals surface area (Å²) < 4.78 is 6.55. The highest BCUT2D eigenvalue weighted by molar-refractivity contribution is 5.87. The third-order valence-corrected chi connectivity index (χ3v) is 7.03. The average Bonchev–Trinajstić information content (AvgIpc) is 3.32. The minimum absolute atomic E-state index is 0.210. The van der Waals surface area contributed by atoms with E-state index in [0.29, 0.717) is 11.5 Å². The van der Waals surface area contributed by atoms with Gasteiger partial charge in [-0.15, -0.1) is 0 Å². The number of carboxylic acid groups (broad SMARTS) is 1. The van der Waals surface area contributed by atoms with Crippen LogP contribution in [0.3, 0.4) is 0 Å². The van der Waals surface area contributed by atoms with Crippen molar-refractivity contribution in [3.8, 4) is 22.6 Å². The van der Waals surface area contributed by atoms with Gasteiger partial charge in [-0.3, -0.25) is 0 Å². The summed E-state index contributed by atoms with van der Waals surface area (Å²) >= 11 is 0. The summed E-state index contributed by atoms with van der Waals surface area (Å²) in [5, 5.41) is 9.46. The van der Waals surface area contributed by atoms with Crippen LogP contribution < -0.4 is 0 Å². The Morgan fingerprint density at radius 1 is 0.941 bits per heavy atom. The third kappa shape index (κ3) is 4.54. The maximum atomic E-state index is 11.5. The fourth-order valence-corrected chi connectivity index (χ4v) is 5.16. The summed E-state index contributed by atoms with van der Waals surface area (Å²) in [6.45, 7) is 2.06. The molecule has 3 aromatic carbocycles. The van der Waals surface area contributed by atoms with E-state index in [2.05, 4.69) is 31.2 Å². The van der Waals surface area contributed by atoms with Gasteiger partial charge in [0.1, 0.15) is 5.69 Å². The molecule has 0 bridgehead atoms. The van der Waals surface area contributed by atoms with Crippen molar-refractivity contribution in [1.82, 2.24) is 4.98 Å². The molecule has 0 spiro atoms. The zero-order chi connectivity index (χ0) is 23.5. The van der Waals surface area contributed by atoms with Crippen LogP contribution in [-0.4, -0.2) is 16.1 Å². The van der Waals surface area contributed by atoms with Crippen molar-refractivity contribution in [1.29, 1.82) is 0 Å². The molecule has 1 heterocycles. The van der Waals surface area contributed by atoms with Crippen LogP contribution in [0.4, 0.5) is 0 Å². The number of aryl methyl sites for hydroxylation is 1. The zero-order valence-electron chi connectivity index (χ0n) is 19.4. The summed E-state index contributed by atoms with van der Waals surface area (Å²) in [5.41, 5.74) is 5.55. The lowest BCUT2D eigenvalue weighted by Gasteiger charge is -2.30. The van der Waals surface area contributed by atoms with Crippen molar-refractivity contribution in [3.05, 3.63) is 101 Å². The Labute approximate surface area is 200 Å². The second kappa shape index (κ2) is 9.68. The number of hydrogen-bond donors (Lipinski definition) is 1. The third-order valence-electron chi connectivity index (χ3n) is 7.03. The maximum Gasteiger partial charge on any atom is 0.335 e. The predicted molar refractivity (Wildman–Crippen MR) is 134 cm³/mol. The second-order valence-electron chi connectivity index (χ2n) is 9.26. The molecule has 4 nitrogen and oxygen atoms in total. The minimum atomic E-state index is -0.880. The molecule has 4 aromatic rings. The van der Waals surface area contributed by atoms with Crippen LogP contribution in [0, 0.1) is 12.8 Å². The van der Waals surface area contributed by atoms with Gasteiger partial charge in [-0.05, 0) is 55.4 Å². The summed E-state index contributed by atoms with van der Waals surface area (Å²) in [4.78, 5) is 16.6. The summed E-state index contributed by atoms with van der Waals surface area (Å²) in [5.74, 6) is 1.31. The van der Waals surface area contributed by atoms with E-state index in [-0.39, 0.29) is 5.92 Å². The van der Waals surface area contributed by atoms with Crippen molar-refractivity contribution < 1.29 is 14.3 Å². The largest absolute Gasteiger partial charge is 0.478 e. The molecule has 1 N–H and O–H groups in total. The molecule has 2 unspecified atom stereocenters. The summed E-state index contributed by atoms with van der Waals surface area (Å²) in [7, 11) is 0. The maximum absolute atomic E-state index is 11.5. The average molecular weight is 452 g/mol. The van der Waals surface area contributed by atoms with Crippen molar-refractivity contribution in [2.45, 2.75) is 44.9 Å². The molecule has 2 atom stereocenters. The number of aromatic nitrogens is 1. The first kappa shape index (κ1) is 22.1. The first-order chi connectivity index (χ1) is 16.6. The monoisotopic (exact) mass is 451 g/mol. The number of benzene rings is 3. The van der Waals surface area contributed by atoms with Gasteiger partial charge in [0.05, 0.1) is 5.56 Å². The van der Waals surface area contributed by atoms with E-state index in [1.54, 1.807) is 6.07 Å². The predicted octanol–water partition coefficient (Wildman–Crippen LogP) is 7.53. The van der Waals surface area contributed by atoms with Crippen molar-refractivity contribution in [2.24, 2.45) is 5.92 Å². The lowest BCUT2D eigenvalue weighted by atomic mass is 9.75. The number of aromatic carboxylic acids is 1. The van der Waals surface area contributed by atoms with E-state index in [4.69, 9.17) is 9.40 Å². The molecule has 0 radical (unpaired) electrons. The number of nitrogens with zero attached hydrogens (tertiary/aromatic N) is 1. The van der Waals surface area contributed by atoms with Crippen LogP contribution in [-0.2, 0) is 6.42 Å². The molecule has 1 aliphatic carbocycles. The molecule has 0 saturated heterocycles. The van der Waals surface area contributed by atoms with E-state index in [0.717, 1.165) is 65.3 Å². The molecule has 1 saturated carbocycles. The van der Waals surface area contributed by atoms with E-state index in [1.165, 1.54) is 6.42 Å². The topological polar surface area (TPSA) is 63.3 Å². The fourth-order valence-electron chi connectivity index (χ4n) is 5.16. The standard InChI is InChI=1S/C30H29NO3/c1-20-16-17-24(30(32)33)19-25(20)18-23-14-8-9-15-26(23)29-31-27(21-10-4-2-5-11-21)28(34-29)22-12-6-3-7-13-22/h2-7,10-13,16-17,19,23,26H,8-9,14-15,18H2,1H3,(H,32,33). The Morgan fingerprint density at radius 2 is 1.62 bits per heavy atom. The molecule has 0 aliphatic heterocycles. The van der Waals surface area contributed by atoms with Crippen LogP contribution in [0.2, 0.25) is 0 Å². The van der Waals surface area contributed by atoms with Crippen LogP contribution in [0.15, 0.2) is 83.3 Å². The van der Waals surface area contributed by atoms with Crippen molar-refractivity contribution in [3.63, 3.8) is 0 Å². The Kier molecular flexibility index (Phi) is 6.31. The highest BCUT2D eigenvalue weighted by atomic mass is 16.4. The molecular formula is C30H29NO3. The van der Waals surface area contributed by atoms with Crippen molar-refractivity contribution >= 4 is 5.97 Å². The first-order valence-electron chi connectivity index (χ1n) is 12.0. The van der Waals surface area contributed by atoms with Gasteiger partial charge in [0, 0.05) is 17.0 Å². The van der Waals surface area contributed by atoms with Gasteiger partial charge < -0.3 is 9.52 Å². The van der Waals surface area contributed by atoms with E-state index < -0.39 is 5.97 Å². The molecular weight excluding hydrogens is 422 g/mol. The number of rotatable bonds is 6. The Morgan fingerprint density at radius 3 is 2.32 bits per heavy atom. The molecule has 4 heteroatoms. The minimum Gasteiger partial charge on any atom is -0.478 e. The molecule has 34 heavy (non-hydrogen) atoms. The number of hydrogen-bond acceptors (Lipinski definition) is 3. The van der Waals surface area contributed by atoms with Gasteiger partial charge in [0.25, 0.3) is 0 Å². The first-order valence-corrected chi connectivity index (χ1v) is 12.0.